The van der Waals surface area contributed by atoms with E-state index >= 15 is 0 Å². The number of hydrogen-bond acceptors (Lipinski definition) is 6. The number of rotatable bonds is 11. The number of ketones is 1. The van der Waals surface area contributed by atoms with Crippen LogP contribution in [0.3, 0.4) is 0 Å². The monoisotopic (exact) mass is 672 g/mol. The number of nitrogens with one attached hydrogen (secondary N) is 3. The van der Waals surface area contributed by atoms with Crippen LogP contribution in [-0.4, -0.2) is 55.0 Å². The standard InChI is InChI=1S/C37H44N4O6S/c1-37(2)19-3-4-21-41(37)48(46,47)23-24-8-5-10-27(22-24)39-36(45)38-20-7-9-25-13-17-31-33-28(25)11-6-12-29(33)30(34(31)43)16-14-26-15-18-32(42)40-35(26)44/h5-6,8,10-13,17,22,26,30H,3-4,7,9,14-16,18-21,23H2,1-2H3,(H2,38,39,45)(H,40,42,44). The first kappa shape index (κ1) is 33.8. The van der Waals surface area contributed by atoms with Crippen LogP contribution in [0.15, 0.2) is 54.6 Å². The molecule has 11 heteroatoms. The average Bonchev–Trinajstić information content (AvgIpc) is 3.30. The molecule has 4 amide bonds. The lowest BCUT2D eigenvalue weighted by Gasteiger charge is -2.41. The van der Waals surface area contributed by atoms with E-state index < -0.39 is 15.6 Å². The van der Waals surface area contributed by atoms with Crippen molar-refractivity contribution in [3.8, 4) is 0 Å². The van der Waals surface area contributed by atoms with Gasteiger partial charge in [-0.05, 0) is 98.4 Å². The van der Waals surface area contributed by atoms with Crippen molar-refractivity contribution < 1.29 is 27.6 Å². The zero-order chi connectivity index (χ0) is 34.1. The highest BCUT2D eigenvalue weighted by atomic mass is 32.2. The van der Waals surface area contributed by atoms with E-state index in [-0.39, 0.29) is 41.2 Å². The predicted octanol–water partition coefficient (Wildman–Crippen LogP) is 5.80. The highest BCUT2D eigenvalue weighted by Crippen LogP contribution is 2.42. The lowest BCUT2D eigenvalue weighted by molar-refractivity contribution is -0.136. The molecule has 0 bridgehead atoms. The number of piperidine rings is 2. The molecule has 10 nitrogen and oxygen atoms in total. The second-order valence-corrected chi connectivity index (χ2v) is 15.9. The van der Waals surface area contributed by atoms with Gasteiger partial charge in [0.05, 0.1) is 5.75 Å². The minimum Gasteiger partial charge on any atom is -0.338 e. The van der Waals surface area contributed by atoms with Crippen molar-refractivity contribution in [3.05, 3.63) is 76.9 Å². The van der Waals surface area contributed by atoms with E-state index in [1.54, 1.807) is 28.6 Å². The Hall–Kier alpha value is -4.09. The molecule has 2 unspecified atom stereocenters. The Morgan fingerprint density at radius 3 is 2.62 bits per heavy atom. The van der Waals surface area contributed by atoms with E-state index in [1.807, 2.05) is 44.2 Å². The van der Waals surface area contributed by atoms with E-state index in [0.717, 1.165) is 41.2 Å². The summed E-state index contributed by atoms with van der Waals surface area (Å²) < 4.78 is 28.1. The maximum atomic E-state index is 13.4. The number of amides is 4. The van der Waals surface area contributed by atoms with Gasteiger partial charge in [0.1, 0.15) is 0 Å². The minimum absolute atomic E-state index is 0.0791. The molecule has 2 aliphatic heterocycles. The maximum absolute atomic E-state index is 13.4. The van der Waals surface area contributed by atoms with Crippen LogP contribution in [0, 0.1) is 5.92 Å². The number of anilines is 1. The van der Waals surface area contributed by atoms with Crippen LogP contribution >= 0.6 is 0 Å². The first-order chi connectivity index (χ1) is 22.9. The fourth-order valence-electron chi connectivity index (χ4n) is 7.65. The Bertz CT molecular complexity index is 1870. The zero-order valence-electron chi connectivity index (χ0n) is 27.6. The predicted molar refractivity (Wildman–Crippen MR) is 185 cm³/mol. The molecule has 1 aliphatic carbocycles. The van der Waals surface area contributed by atoms with Gasteiger partial charge >= 0.3 is 6.03 Å². The molecule has 3 aliphatic rings. The number of Topliss-reactive ketones (excluding diaryl/α,β-unsaturated/α-hetero) is 1. The van der Waals surface area contributed by atoms with E-state index in [9.17, 15) is 27.6 Å². The molecule has 48 heavy (non-hydrogen) atoms. The van der Waals surface area contributed by atoms with Gasteiger partial charge < -0.3 is 10.6 Å². The Morgan fingerprint density at radius 2 is 1.83 bits per heavy atom. The van der Waals surface area contributed by atoms with Crippen LogP contribution in [0.1, 0.15) is 98.2 Å². The molecule has 2 saturated heterocycles. The summed E-state index contributed by atoms with van der Waals surface area (Å²) in [5, 5.41) is 10.1. The van der Waals surface area contributed by atoms with Crippen molar-refractivity contribution in [2.24, 2.45) is 5.92 Å². The number of sulfonamides is 1. The molecule has 6 rings (SSSR count). The normalized spacial score (nSPS) is 20.9. The van der Waals surface area contributed by atoms with Crippen LogP contribution < -0.4 is 16.0 Å². The number of carbonyl (C=O) groups excluding carboxylic acids is 4. The van der Waals surface area contributed by atoms with Crippen LogP contribution in [0.25, 0.3) is 10.8 Å². The highest BCUT2D eigenvalue weighted by molar-refractivity contribution is 7.88. The van der Waals surface area contributed by atoms with Gasteiger partial charge in [-0.25, -0.2) is 13.2 Å². The molecule has 3 aromatic carbocycles. The number of nitrogens with zero attached hydrogens (tertiary/aromatic N) is 1. The quantitative estimate of drug-likeness (QED) is 0.174. The summed E-state index contributed by atoms with van der Waals surface area (Å²) in [5.74, 6) is -1.07. The minimum atomic E-state index is -3.51. The molecular formula is C37H44N4O6S. The van der Waals surface area contributed by atoms with Gasteiger partial charge in [0.25, 0.3) is 0 Å². The van der Waals surface area contributed by atoms with Crippen LogP contribution in [-0.2, 0) is 31.8 Å². The lowest BCUT2D eigenvalue weighted by Crippen LogP contribution is -2.50. The molecule has 3 N–H and O–H groups in total. The summed E-state index contributed by atoms with van der Waals surface area (Å²) in [6.07, 6.45) is 6.08. The number of carbonyl (C=O) groups is 4. The van der Waals surface area contributed by atoms with Gasteiger partial charge in [0, 0.05) is 48.1 Å². The molecule has 2 atom stereocenters. The molecule has 2 heterocycles. The van der Waals surface area contributed by atoms with Crippen molar-refractivity contribution in [1.82, 2.24) is 14.9 Å². The number of benzene rings is 3. The summed E-state index contributed by atoms with van der Waals surface area (Å²) in [6.45, 7) is 4.91. The summed E-state index contributed by atoms with van der Waals surface area (Å²) in [6, 6.07) is 16.5. The van der Waals surface area contributed by atoms with Gasteiger partial charge in [-0.15, -0.1) is 0 Å². The Balaban J connectivity index is 1.02. The molecule has 0 spiro atoms. The summed E-state index contributed by atoms with van der Waals surface area (Å²) in [7, 11) is -3.51. The molecule has 3 aromatic rings. The number of imide groups is 1. The van der Waals surface area contributed by atoms with Gasteiger partial charge in [-0.1, -0.05) is 48.9 Å². The largest absolute Gasteiger partial charge is 0.338 e. The van der Waals surface area contributed by atoms with Gasteiger partial charge in [-0.3, -0.25) is 19.7 Å². The van der Waals surface area contributed by atoms with E-state index in [1.165, 1.54) is 0 Å². The SMILES string of the molecule is CC1(C)CCCCN1S(=O)(=O)Cc1cccc(NC(=O)NCCCc2ccc3c4c(cccc24)C(CCC2CCC(=O)NC2=O)C3=O)c1. The van der Waals surface area contributed by atoms with Crippen LogP contribution in [0.2, 0.25) is 0 Å². The molecule has 0 radical (unpaired) electrons. The Morgan fingerprint density at radius 1 is 1.02 bits per heavy atom. The summed E-state index contributed by atoms with van der Waals surface area (Å²) in [5.41, 5.74) is 3.56. The van der Waals surface area contributed by atoms with E-state index in [2.05, 4.69) is 16.0 Å². The van der Waals surface area contributed by atoms with Gasteiger partial charge in [-0.2, -0.15) is 4.31 Å². The molecule has 2 fully saturated rings. The fraction of sp³-hybridized carbons (Fsp3) is 0.459. The third-order valence-corrected chi connectivity index (χ3v) is 12.2. The van der Waals surface area contributed by atoms with Crippen LogP contribution in [0.5, 0.6) is 0 Å². The number of urea groups is 1. The topological polar surface area (TPSA) is 142 Å². The molecular weight excluding hydrogens is 628 g/mol. The number of aryl methyl sites for hydroxylation is 1. The summed E-state index contributed by atoms with van der Waals surface area (Å²) >= 11 is 0. The number of hydrogen-bond donors (Lipinski definition) is 3. The molecule has 0 aromatic heterocycles. The second kappa shape index (κ2) is 13.8. The smallest absolute Gasteiger partial charge is 0.319 e. The highest BCUT2D eigenvalue weighted by Gasteiger charge is 2.38. The third-order valence-electron chi connectivity index (χ3n) is 10.1. The Labute approximate surface area is 282 Å². The van der Waals surface area contributed by atoms with Gasteiger partial charge in [0.2, 0.25) is 21.8 Å². The third kappa shape index (κ3) is 7.17. The molecule has 0 saturated carbocycles. The second-order valence-electron chi connectivity index (χ2n) is 14.0. The average molecular weight is 673 g/mol. The first-order valence-electron chi connectivity index (χ1n) is 17.0. The van der Waals surface area contributed by atoms with E-state index in [4.69, 9.17) is 0 Å². The van der Waals surface area contributed by atoms with Crippen molar-refractivity contribution >= 4 is 50.1 Å². The Kier molecular flexibility index (Phi) is 9.71. The van der Waals surface area contributed by atoms with E-state index in [0.29, 0.717) is 68.4 Å². The zero-order valence-corrected chi connectivity index (χ0v) is 28.5. The molecule has 254 valence electrons. The summed E-state index contributed by atoms with van der Waals surface area (Å²) in [4.78, 5) is 49.9. The van der Waals surface area contributed by atoms with Crippen molar-refractivity contribution in [2.75, 3.05) is 18.4 Å². The van der Waals surface area contributed by atoms with Crippen molar-refractivity contribution in [2.45, 2.75) is 88.8 Å². The lowest BCUT2D eigenvalue weighted by atomic mass is 9.86. The first-order valence-corrected chi connectivity index (χ1v) is 18.6. The fourth-order valence-corrected chi connectivity index (χ4v) is 9.65. The van der Waals surface area contributed by atoms with Crippen LogP contribution in [0.4, 0.5) is 10.5 Å². The maximum Gasteiger partial charge on any atom is 0.319 e. The van der Waals surface area contributed by atoms with Crippen molar-refractivity contribution in [3.63, 3.8) is 0 Å². The van der Waals surface area contributed by atoms with Crippen molar-refractivity contribution in [1.29, 1.82) is 0 Å². The van der Waals surface area contributed by atoms with Gasteiger partial charge in [0.15, 0.2) is 5.78 Å².